The number of rotatable bonds is 9. The average molecular weight is 557 g/mol. The third kappa shape index (κ3) is 7.31. The summed E-state index contributed by atoms with van der Waals surface area (Å²) in [6.07, 6.45) is 6.42. The average Bonchev–Trinajstić information content (AvgIpc) is 3.64. The van der Waals surface area contributed by atoms with E-state index >= 15 is 0 Å². The molecule has 2 N–H and O–H groups in total. The zero-order valence-electron chi connectivity index (χ0n) is 23.0. The van der Waals surface area contributed by atoms with E-state index in [0.717, 1.165) is 11.8 Å². The van der Waals surface area contributed by atoms with Gasteiger partial charge in [0.1, 0.15) is 0 Å². The molecule has 0 bridgehead atoms. The van der Waals surface area contributed by atoms with Crippen molar-refractivity contribution < 1.29 is 17.1 Å². The number of hydrogen-bond acceptors (Lipinski definition) is 2. The second kappa shape index (κ2) is 13.7. The van der Waals surface area contributed by atoms with Crippen molar-refractivity contribution in [3.8, 4) is 0 Å². The third-order valence-corrected chi connectivity index (χ3v) is 14.4. The van der Waals surface area contributed by atoms with Crippen LogP contribution in [-0.4, -0.2) is 36.5 Å². The van der Waals surface area contributed by atoms with Gasteiger partial charge in [-0.1, -0.05) is 47.7 Å². The van der Waals surface area contributed by atoms with E-state index in [1.165, 1.54) is 58.0 Å². The Bertz CT molecular complexity index is 781. The fraction of sp³-hybridized carbons (Fsp3) is 0.667. The van der Waals surface area contributed by atoms with E-state index in [9.17, 15) is 0 Å². The Kier molecular flexibility index (Phi) is 12.2. The minimum absolute atomic E-state index is 0. The van der Waals surface area contributed by atoms with Crippen molar-refractivity contribution in [2.75, 3.05) is 26.2 Å². The van der Waals surface area contributed by atoms with Gasteiger partial charge in [-0.15, -0.1) is 22.7 Å². The molecule has 2 saturated heterocycles. The number of nitrogens with one attached hydrogen (secondary N) is 2. The SMILES string of the molecule is CCC(C)(C)P(C[c-]1cccc1C(P)(C1CCNC1)C1CCNC1)C(C)(C)CC.[Fe].[cH-]1[cH-][cH-][cH-][cH-]1. The van der Waals surface area contributed by atoms with E-state index in [-0.39, 0.29) is 30.1 Å². The van der Waals surface area contributed by atoms with Gasteiger partial charge in [0, 0.05) is 17.1 Å². The predicted octanol–water partition coefficient (Wildman–Crippen LogP) is 7.46. The maximum atomic E-state index is 3.66. The fourth-order valence-corrected chi connectivity index (χ4v) is 10.8. The molecule has 3 unspecified atom stereocenters. The molecule has 2 aromatic carbocycles. The molecule has 0 radical (unpaired) electrons. The standard InChI is InChI=1S/C25H45N2P2.C5H5.Fe/c1-7-23(3,4)29(24(5,6)8-2)18-19-10-9-11-22(19)25(28,20-12-14-26-16-20)21-13-15-27-17-21;1-2-4-5-3-1;/h9-11,20-21,26-27H,7-8,12-18,28H2,1-6H3;1-5H;/q-1;-5;. The molecule has 3 atom stereocenters. The van der Waals surface area contributed by atoms with Crippen LogP contribution in [-0.2, 0) is 28.4 Å². The van der Waals surface area contributed by atoms with Crippen LogP contribution in [0, 0.1) is 11.8 Å². The van der Waals surface area contributed by atoms with Crippen molar-refractivity contribution in [1.82, 2.24) is 10.6 Å². The largest absolute Gasteiger partial charge is 0.748 e. The topological polar surface area (TPSA) is 24.1 Å². The van der Waals surface area contributed by atoms with Crippen molar-refractivity contribution in [3.63, 3.8) is 0 Å². The Labute approximate surface area is 230 Å². The van der Waals surface area contributed by atoms with Gasteiger partial charge in [-0.2, -0.15) is 11.6 Å². The summed E-state index contributed by atoms with van der Waals surface area (Å²) >= 11 is 0. The molecule has 5 heteroatoms. The van der Waals surface area contributed by atoms with Crippen LogP contribution in [0.2, 0.25) is 0 Å². The zero-order valence-corrected chi connectivity index (χ0v) is 26.2. The van der Waals surface area contributed by atoms with Gasteiger partial charge >= 0.3 is 0 Å². The van der Waals surface area contributed by atoms with Crippen molar-refractivity contribution in [1.29, 1.82) is 0 Å². The van der Waals surface area contributed by atoms with Crippen LogP contribution in [0.15, 0.2) is 48.5 Å². The molecular formula is C30H50FeN2P2-6. The summed E-state index contributed by atoms with van der Waals surface area (Å²) in [5.74, 6) is 1.45. The molecule has 204 valence electrons. The van der Waals surface area contributed by atoms with Crippen molar-refractivity contribution in [3.05, 3.63) is 59.7 Å². The van der Waals surface area contributed by atoms with E-state index < -0.39 is 0 Å². The Morgan fingerprint density at radius 1 is 0.914 bits per heavy atom. The van der Waals surface area contributed by atoms with Gasteiger partial charge < -0.3 is 41.0 Å². The van der Waals surface area contributed by atoms with Gasteiger partial charge in [0.05, 0.1) is 0 Å². The quantitative estimate of drug-likeness (QED) is 0.190. The molecule has 35 heavy (non-hydrogen) atoms. The molecule has 0 aliphatic carbocycles. The summed E-state index contributed by atoms with van der Waals surface area (Å²) < 4.78 is 0. The minimum atomic E-state index is -0.126. The van der Waals surface area contributed by atoms with Crippen LogP contribution >= 0.6 is 17.2 Å². The molecule has 2 aliphatic rings. The van der Waals surface area contributed by atoms with Gasteiger partial charge in [-0.25, -0.2) is 12.1 Å². The van der Waals surface area contributed by atoms with E-state index in [2.05, 4.69) is 79.6 Å². The summed E-state index contributed by atoms with van der Waals surface area (Å²) in [7, 11) is 3.29. The van der Waals surface area contributed by atoms with Crippen molar-refractivity contribution >= 4 is 17.2 Å². The second-order valence-corrected chi connectivity index (χ2v) is 16.2. The molecule has 0 saturated carbocycles. The van der Waals surface area contributed by atoms with Crippen LogP contribution < -0.4 is 10.6 Å². The molecule has 2 aromatic rings. The van der Waals surface area contributed by atoms with Crippen molar-refractivity contribution in [2.24, 2.45) is 11.8 Å². The van der Waals surface area contributed by atoms with Crippen LogP contribution in [0.25, 0.3) is 0 Å². The first kappa shape index (κ1) is 31.2. The third-order valence-electron chi connectivity index (χ3n) is 8.92. The molecule has 0 amide bonds. The van der Waals surface area contributed by atoms with Gasteiger partial charge in [-0.3, -0.25) is 0 Å². The first-order valence-electron chi connectivity index (χ1n) is 13.6. The molecule has 4 rings (SSSR count). The Morgan fingerprint density at radius 3 is 1.74 bits per heavy atom. The van der Waals surface area contributed by atoms with Gasteiger partial charge in [-0.05, 0) is 79.2 Å². The summed E-state index contributed by atoms with van der Waals surface area (Å²) in [6, 6.07) is 17.3. The Morgan fingerprint density at radius 2 is 1.37 bits per heavy atom. The summed E-state index contributed by atoms with van der Waals surface area (Å²) in [5, 5.41) is 8.36. The van der Waals surface area contributed by atoms with Gasteiger partial charge in [0.15, 0.2) is 0 Å². The molecule has 2 fully saturated rings. The van der Waals surface area contributed by atoms with Crippen LogP contribution in [0.5, 0.6) is 0 Å². The van der Waals surface area contributed by atoms with Crippen LogP contribution in [0.1, 0.15) is 78.4 Å². The summed E-state index contributed by atoms with van der Waals surface area (Å²) in [6.45, 7) is 19.6. The van der Waals surface area contributed by atoms with Gasteiger partial charge in [0.25, 0.3) is 0 Å². The van der Waals surface area contributed by atoms with Crippen molar-refractivity contribution in [2.45, 2.75) is 88.9 Å². The van der Waals surface area contributed by atoms with Crippen LogP contribution in [0.3, 0.4) is 0 Å². The van der Waals surface area contributed by atoms with E-state index in [4.69, 9.17) is 0 Å². The smallest absolute Gasteiger partial charge is 0 e. The molecule has 0 spiro atoms. The Balaban J connectivity index is 0.000000640. The molecule has 0 aromatic heterocycles. The first-order chi connectivity index (χ1) is 16.2. The predicted molar refractivity (Wildman–Crippen MR) is 157 cm³/mol. The maximum absolute atomic E-state index is 3.66. The normalized spacial score (nSPS) is 22.4. The van der Waals surface area contributed by atoms with Crippen LogP contribution in [0.4, 0.5) is 0 Å². The molecule has 2 aliphatic heterocycles. The molecular weight excluding hydrogens is 506 g/mol. The first-order valence-corrected chi connectivity index (χ1v) is 15.7. The second-order valence-electron chi connectivity index (χ2n) is 11.7. The maximum Gasteiger partial charge on any atom is 0 e. The monoisotopic (exact) mass is 556 g/mol. The molecule has 2 nitrogen and oxygen atoms in total. The summed E-state index contributed by atoms with van der Waals surface area (Å²) in [5.41, 5.74) is 3.30. The summed E-state index contributed by atoms with van der Waals surface area (Å²) in [4.78, 5) is 0. The Hall–Kier alpha value is -0.000519. The van der Waals surface area contributed by atoms with E-state index in [1.54, 1.807) is 11.1 Å². The minimum Gasteiger partial charge on any atom is -0.748 e. The van der Waals surface area contributed by atoms with E-state index in [0.29, 0.717) is 10.3 Å². The zero-order chi connectivity index (χ0) is 24.8. The molecule has 2 heterocycles. The fourth-order valence-electron chi connectivity index (χ4n) is 6.04. The van der Waals surface area contributed by atoms with E-state index in [1.807, 2.05) is 30.3 Å². The van der Waals surface area contributed by atoms with Gasteiger partial charge in [0.2, 0.25) is 0 Å². The number of hydrogen-bond donors (Lipinski definition) is 2.